The van der Waals surface area contributed by atoms with Crippen molar-refractivity contribution in [2.75, 3.05) is 48.0 Å². The molecule has 8 heteroatoms. The van der Waals surface area contributed by atoms with Gasteiger partial charge in [0.25, 0.3) is 0 Å². The Morgan fingerprint density at radius 1 is 1.02 bits per heavy atom. The predicted octanol–water partition coefficient (Wildman–Crippen LogP) is 6.76. The third-order valence-electron chi connectivity index (χ3n) is 15.0. The highest BCUT2D eigenvalue weighted by atomic mass is 16.5. The summed E-state index contributed by atoms with van der Waals surface area (Å²) < 4.78 is 17.7. The Bertz CT molecular complexity index is 1950. The molecule has 11 atom stereocenters. The SMILES string of the molecule is C/C=C1/CN(C)[C@H]2CC3c4ccccc4CC3[C@@H](c3cc4[nH]c5c(c4cc3OC)CCN3C[C@H]4C[C@H](CC)[C@H]3[C@@]5(C(=O)OC)C4)C[C@H]1C2C(=O)OC. The minimum Gasteiger partial charge on any atom is -0.496 e. The van der Waals surface area contributed by atoms with E-state index in [-0.39, 0.29) is 41.8 Å². The number of hydrogen-bond acceptors (Lipinski definition) is 7. The number of rotatable bonds is 5. The molecule has 1 aromatic heterocycles. The Hall–Kier alpha value is -3.62. The average molecular weight is 706 g/mol. The normalized spacial score (nSPS) is 37.0. The maximum Gasteiger partial charge on any atom is 0.319 e. The number of fused-ring (bicyclic) bond motifs is 9. The minimum absolute atomic E-state index is 0.0754. The first kappa shape index (κ1) is 34.2. The maximum atomic E-state index is 14.2. The van der Waals surface area contributed by atoms with E-state index in [0.717, 1.165) is 80.5 Å². The number of aromatic nitrogens is 1. The van der Waals surface area contributed by atoms with E-state index in [4.69, 9.17) is 14.2 Å². The van der Waals surface area contributed by atoms with Crippen molar-refractivity contribution >= 4 is 22.8 Å². The summed E-state index contributed by atoms with van der Waals surface area (Å²) in [5, 5.41) is 1.16. The lowest BCUT2D eigenvalue weighted by Crippen LogP contribution is -2.67. The van der Waals surface area contributed by atoms with Crippen LogP contribution in [0.15, 0.2) is 48.0 Å². The number of carbonyl (C=O) groups is 2. The van der Waals surface area contributed by atoms with Crippen LogP contribution in [-0.4, -0.2) is 86.8 Å². The number of H-pyrrole nitrogens is 1. The monoisotopic (exact) mass is 705 g/mol. The molecule has 5 fully saturated rings. The summed E-state index contributed by atoms with van der Waals surface area (Å²) in [6, 6.07) is 13.9. The van der Waals surface area contributed by atoms with Gasteiger partial charge in [0, 0.05) is 48.3 Å². The molecular formula is C44H55N3O5. The molecule has 276 valence electrons. The molecule has 6 bridgehead atoms. The molecule has 2 aromatic carbocycles. The highest BCUT2D eigenvalue weighted by Crippen LogP contribution is 2.58. The number of esters is 2. The summed E-state index contributed by atoms with van der Waals surface area (Å²) in [6.07, 6.45) is 9.00. The number of methoxy groups -OCH3 is 3. The number of aromatic amines is 1. The highest BCUT2D eigenvalue weighted by molar-refractivity contribution is 5.93. The fraction of sp³-hybridized carbons (Fsp3) is 0.591. The Morgan fingerprint density at radius 2 is 1.83 bits per heavy atom. The first-order valence-electron chi connectivity index (χ1n) is 19.8. The van der Waals surface area contributed by atoms with Gasteiger partial charge >= 0.3 is 11.9 Å². The Labute approximate surface area is 308 Å². The van der Waals surface area contributed by atoms with Crippen molar-refractivity contribution in [3.8, 4) is 5.75 Å². The van der Waals surface area contributed by atoms with Gasteiger partial charge < -0.3 is 19.2 Å². The molecule has 10 rings (SSSR count). The lowest BCUT2D eigenvalue weighted by atomic mass is 9.56. The zero-order valence-corrected chi connectivity index (χ0v) is 31.7. The Kier molecular flexibility index (Phi) is 8.38. The summed E-state index contributed by atoms with van der Waals surface area (Å²) in [6.45, 7) is 7.28. The fourth-order valence-electron chi connectivity index (χ4n) is 13.0. The van der Waals surface area contributed by atoms with E-state index in [1.165, 1.54) is 34.2 Å². The largest absolute Gasteiger partial charge is 0.496 e. The molecule has 3 aromatic rings. The summed E-state index contributed by atoms with van der Waals surface area (Å²) >= 11 is 0. The van der Waals surface area contributed by atoms with Gasteiger partial charge in [-0.1, -0.05) is 49.3 Å². The number of benzene rings is 2. The number of nitrogens with one attached hydrogen (secondary N) is 1. The van der Waals surface area contributed by atoms with E-state index in [1.54, 1.807) is 21.3 Å². The fourth-order valence-corrected chi connectivity index (χ4v) is 13.0. The third-order valence-corrected chi connectivity index (χ3v) is 15.0. The Balaban J connectivity index is 1.23. The van der Waals surface area contributed by atoms with E-state index in [1.807, 2.05) is 0 Å². The molecule has 4 aliphatic heterocycles. The van der Waals surface area contributed by atoms with Gasteiger partial charge in [0.1, 0.15) is 11.2 Å². The van der Waals surface area contributed by atoms with Crippen molar-refractivity contribution in [1.82, 2.24) is 14.8 Å². The van der Waals surface area contributed by atoms with Gasteiger partial charge in [0.2, 0.25) is 0 Å². The molecule has 0 spiro atoms. The number of ether oxygens (including phenoxy) is 3. The van der Waals surface area contributed by atoms with Crippen LogP contribution < -0.4 is 4.74 Å². The van der Waals surface area contributed by atoms with Crippen molar-refractivity contribution in [1.29, 1.82) is 0 Å². The second kappa shape index (κ2) is 12.8. The first-order valence-corrected chi connectivity index (χ1v) is 19.8. The number of carbonyl (C=O) groups excluding carboxylic acids is 2. The van der Waals surface area contributed by atoms with Crippen LogP contribution in [0.2, 0.25) is 0 Å². The predicted molar refractivity (Wildman–Crippen MR) is 202 cm³/mol. The summed E-state index contributed by atoms with van der Waals surface area (Å²) in [5.41, 5.74) is 8.09. The van der Waals surface area contributed by atoms with E-state index in [2.05, 4.69) is 78.2 Å². The summed E-state index contributed by atoms with van der Waals surface area (Å²) in [7, 11) is 7.10. The zero-order chi connectivity index (χ0) is 36.1. The molecular weight excluding hydrogens is 651 g/mol. The van der Waals surface area contributed by atoms with Gasteiger partial charge in [-0.05, 0) is 122 Å². The molecule has 7 aliphatic rings. The lowest BCUT2D eigenvalue weighted by Gasteiger charge is -2.57. The molecule has 4 unspecified atom stereocenters. The van der Waals surface area contributed by atoms with E-state index in [0.29, 0.717) is 23.7 Å². The average Bonchev–Trinajstić information content (AvgIpc) is 3.69. The standard InChI is InChI=1S/C44H55N3O5/c1-7-25-15-24-21-44(43(49)52-6)40-29(13-14-47(22-24)41(25)44)34-20-38(50-4)35(18-36(34)45-40)32-17-30-26(8-2)23-46(3)37(39(30)42(48)51-5)19-33-28-12-10-9-11-27(28)16-31(32)33/h8-12,18,20,24-25,30-33,37,39,41,45H,7,13-17,19,21-23H2,1-6H3/b26-8-/t24-,25-,30+,31?,32-,33?,37-,39?,41-,44+/m0/s1. The van der Waals surface area contributed by atoms with Gasteiger partial charge in [-0.25, -0.2) is 0 Å². The van der Waals surface area contributed by atoms with Gasteiger partial charge in [-0.2, -0.15) is 0 Å². The Morgan fingerprint density at radius 3 is 2.58 bits per heavy atom. The van der Waals surface area contributed by atoms with Crippen LogP contribution >= 0.6 is 0 Å². The molecule has 0 radical (unpaired) electrons. The number of piperidine rings is 3. The highest BCUT2D eigenvalue weighted by Gasteiger charge is 2.63. The van der Waals surface area contributed by atoms with Gasteiger partial charge in [0.15, 0.2) is 0 Å². The van der Waals surface area contributed by atoms with E-state index >= 15 is 0 Å². The van der Waals surface area contributed by atoms with Crippen molar-refractivity contribution in [2.24, 2.45) is 29.6 Å². The van der Waals surface area contributed by atoms with Crippen LogP contribution in [0.5, 0.6) is 5.75 Å². The van der Waals surface area contributed by atoms with Crippen LogP contribution in [0.1, 0.15) is 85.7 Å². The maximum absolute atomic E-state index is 14.2. The van der Waals surface area contributed by atoms with E-state index < -0.39 is 5.41 Å². The topological polar surface area (TPSA) is 84.1 Å². The van der Waals surface area contributed by atoms with Gasteiger partial charge in [-0.15, -0.1) is 0 Å². The second-order valence-electron chi connectivity index (χ2n) is 17.0. The number of hydrogen-bond donors (Lipinski definition) is 1. The molecule has 3 aliphatic carbocycles. The third kappa shape index (κ3) is 4.78. The number of nitrogens with zero attached hydrogens (tertiary/aromatic N) is 2. The number of likely N-dealkylation sites (tertiary alicyclic amines) is 1. The van der Waals surface area contributed by atoms with Gasteiger partial charge in [-0.3, -0.25) is 19.4 Å². The molecule has 52 heavy (non-hydrogen) atoms. The lowest BCUT2D eigenvalue weighted by molar-refractivity contribution is -0.162. The molecule has 2 saturated carbocycles. The van der Waals surface area contributed by atoms with Crippen molar-refractivity contribution in [3.05, 3.63) is 76.0 Å². The van der Waals surface area contributed by atoms with Crippen molar-refractivity contribution in [2.45, 2.75) is 88.1 Å². The minimum atomic E-state index is -0.703. The molecule has 1 N–H and O–H groups in total. The second-order valence-corrected chi connectivity index (χ2v) is 17.0. The van der Waals surface area contributed by atoms with Crippen molar-refractivity contribution in [3.63, 3.8) is 0 Å². The number of likely N-dealkylation sites (N-methyl/N-ethyl adjacent to an activating group) is 1. The van der Waals surface area contributed by atoms with E-state index in [9.17, 15) is 9.59 Å². The summed E-state index contributed by atoms with van der Waals surface area (Å²) in [5.74, 6) is 2.31. The molecule has 8 nitrogen and oxygen atoms in total. The smallest absolute Gasteiger partial charge is 0.319 e. The van der Waals surface area contributed by atoms with Crippen LogP contribution in [0.4, 0.5) is 0 Å². The molecule has 3 saturated heterocycles. The molecule has 0 amide bonds. The number of allylic oxidation sites excluding steroid dienone is 1. The zero-order valence-electron chi connectivity index (χ0n) is 31.7. The van der Waals surface area contributed by atoms with Crippen LogP contribution in [0.3, 0.4) is 0 Å². The van der Waals surface area contributed by atoms with Crippen molar-refractivity contribution < 1.29 is 23.8 Å². The molecule has 5 heterocycles. The van der Waals surface area contributed by atoms with Crippen LogP contribution in [0, 0.1) is 29.6 Å². The quantitative estimate of drug-likeness (QED) is 0.232. The van der Waals surface area contributed by atoms with Crippen LogP contribution in [-0.2, 0) is 37.3 Å². The first-order chi connectivity index (χ1) is 25.3. The van der Waals surface area contributed by atoms with Crippen LogP contribution in [0.25, 0.3) is 10.9 Å². The summed E-state index contributed by atoms with van der Waals surface area (Å²) in [4.78, 5) is 37.0. The van der Waals surface area contributed by atoms with Gasteiger partial charge in [0.05, 0.1) is 27.2 Å².